The van der Waals surface area contributed by atoms with E-state index in [4.69, 9.17) is 4.74 Å². The van der Waals surface area contributed by atoms with Gasteiger partial charge in [-0.05, 0) is 17.7 Å². The molecule has 2 rings (SSSR count). The molecule has 0 saturated heterocycles. The van der Waals surface area contributed by atoms with Crippen molar-refractivity contribution in [3.05, 3.63) is 78.4 Å². The lowest BCUT2D eigenvalue weighted by molar-refractivity contribution is -0.0687. The SMILES string of the molecule is C=C(c1ccccc1OCC=Cc1ccccc1)C(F)(F)F. The number of alkyl halides is 3. The minimum absolute atomic E-state index is 0.0388. The molecule has 0 amide bonds. The fourth-order valence-corrected chi connectivity index (χ4v) is 1.88. The van der Waals surface area contributed by atoms with Crippen LogP contribution in [0.5, 0.6) is 5.75 Å². The first-order valence-corrected chi connectivity index (χ1v) is 6.68. The van der Waals surface area contributed by atoms with Crippen molar-refractivity contribution >= 4 is 11.6 Å². The Labute approximate surface area is 127 Å². The van der Waals surface area contributed by atoms with Gasteiger partial charge in [0, 0.05) is 5.56 Å². The fourth-order valence-electron chi connectivity index (χ4n) is 1.88. The van der Waals surface area contributed by atoms with Crippen molar-refractivity contribution in [1.29, 1.82) is 0 Å². The van der Waals surface area contributed by atoms with Crippen LogP contribution in [0.2, 0.25) is 0 Å². The molecular weight excluding hydrogens is 289 g/mol. The molecule has 0 atom stereocenters. The van der Waals surface area contributed by atoms with E-state index in [1.165, 1.54) is 18.2 Å². The molecule has 0 N–H and O–H groups in total. The minimum atomic E-state index is -4.47. The lowest BCUT2D eigenvalue weighted by atomic mass is 10.1. The Kier molecular flexibility index (Phi) is 5.04. The van der Waals surface area contributed by atoms with E-state index in [0.717, 1.165) is 5.56 Å². The summed E-state index contributed by atoms with van der Waals surface area (Å²) < 4.78 is 43.7. The number of para-hydroxylation sites is 1. The molecule has 0 aliphatic carbocycles. The number of benzene rings is 2. The van der Waals surface area contributed by atoms with Gasteiger partial charge in [0.25, 0.3) is 0 Å². The van der Waals surface area contributed by atoms with Crippen LogP contribution in [0, 0.1) is 0 Å². The molecule has 0 fully saturated rings. The lowest BCUT2D eigenvalue weighted by Gasteiger charge is -2.14. The Hall–Kier alpha value is -2.49. The highest BCUT2D eigenvalue weighted by Crippen LogP contribution is 2.36. The Morgan fingerprint density at radius 3 is 2.32 bits per heavy atom. The average Bonchev–Trinajstić information content (AvgIpc) is 2.51. The van der Waals surface area contributed by atoms with Crippen molar-refractivity contribution < 1.29 is 17.9 Å². The van der Waals surface area contributed by atoms with Gasteiger partial charge in [-0.25, -0.2) is 0 Å². The Balaban J connectivity index is 2.05. The molecule has 4 heteroatoms. The van der Waals surface area contributed by atoms with Crippen molar-refractivity contribution in [2.75, 3.05) is 6.61 Å². The second kappa shape index (κ2) is 6.98. The van der Waals surface area contributed by atoms with E-state index >= 15 is 0 Å². The standard InChI is InChI=1S/C18H15F3O/c1-14(18(19,20)21)16-11-5-6-12-17(16)22-13-7-10-15-8-3-2-4-9-15/h2-12H,1,13H2. The van der Waals surface area contributed by atoms with Gasteiger partial charge >= 0.3 is 6.18 Å². The highest BCUT2D eigenvalue weighted by atomic mass is 19.4. The van der Waals surface area contributed by atoms with E-state index in [1.807, 2.05) is 36.4 Å². The summed E-state index contributed by atoms with van der Waals surface area (Å²) in [5, 5.41) is 0. The van der Waals surface area contributed by atoms with Crippen LogP contribution in [0.1, 0.15) is 11.1 Å². The van der Waals surface area contributed by atoms with Crippen LogP contribution in [0.25, 0.3) is 11.6 Å². The summed E-state index contributed by atoms with van der Waals surface area (Å²) >= 11 is 0. The van der Waals surface area contributed by atoms with Gasteiger partial charge in [0.1, 0.15) is 12.4 Å². The molecule has 0 aromatic heterocycles. The molecule has 0 spiro atoms. The van der Waals surface area contributed by atoms with Crippen LogP contribution in [-0.4, -0.2) is 12.8 Å². The second-order valence-corrected chi connectivity index (χ2v) is 4.60. The summed E-state index contributed by atoms with van der Waals surface area (Å²) in [5.74, 6) is 0.169. The summed E-state index contributed by atoms with van der Waals surface area (Å²) in [7, 11) is 0. The Morgan fingerprint density at radius 2 is 1.64 bits per heavy atom. The van der Waals surface area contributed by atoms with E-state index in [0.29, 0.717) is 0 Å². The maximum atomic E-state index is 12.8. The smallest absolute Gasteiger partial charge is 0.416 e. The topological polar surface area (TPSA) is 9.23 Å². The summed E-state index contributed by atoms with van der Waals surface area (Å²) in [6.07, 6.45) is -0.872. The zero-order valence-corrected chi connectivity index (χ0v) is 11.8. The van der Waals surface area contributed by atoms with Crippen molar-refractivity contribution in [1.82, 2.24) is 0 Å². The Bertz CT molecular complexity index is 658. The van der Waals surface area contributed by atoms with E-state index in [-0.39, 0.29) is 17.9 Å². The van der Waals surface area contributed by atoms with Crippen molar-refractivity contribution in [3.8, 4) is 5.75 Å². The van der Waals surface area contributed by atoms with Crippen LogP contribution < -0.4 is 4.74 Å². The van der Waals surface area contributed by atoms with Crippen LogP contribution in [0.4, 0.5) is 13.2 Å². The number of ether oxygens (including phenoxy) is 1. The number of allylic oxidation sites excluding steroid dienone is 1. The quantitative estimate of drug-likeness (QED) is 0.723. The highest BCUT2D eigenvalue weighted by Gasteiger charge is 2.34. The zero-order chi connectivity index (χ0) is 16.0. The monoisotopic (exact) mass is 304 g/mol. The number of halogens is 3. The molecule has 22 heavy (non-hydrogen) atoms. The third-order valence-electron chi connectivity index (χ3n) is 3.00. The molecule has 0 unspecified atom stereocenters. The van der Waals surface area contributed by atoms with Gasteiger partial charge in [-0.15, -0.1) is 0 Å². The maximum Gasteiger partial charge on any atom is 0.416 e. The van der Waals surface area contributed by atoms with Gasteiger partial charge in [-0.1, -0.05) is 61.2 Å². The third-order valence-corrected chi connectivity index (χ3v) is 3.00. The zero-order valence-electron chi connectivity index (χ0n) is 11.8. The predicted octanol–water partition coefficient (Wildman–Crippen LogP) is 5.35. The molecule has 0 bridgehead atoms. The average molecular weight is 304 g/mol. The van der Waals surface area contributed by atoms with Crippen LogP contribution in [-0.2, 0) is 0 Å². The first-order chi connectivity index (χ1) is 10.5. The van der Waals surface area contributed by atoms with Gasteiger partial charge in [0.15, 0.2) is 0 Å². The largest absolute Gasteiger partial charge is 0.489 e. The van der Waals surface area contributed by atoms with Gasteiger partial charge in [0.05, 0.1) is 5.57 Å². The van der Waals surface area contributed by atoms with Crippen LogP contribution in [0.3, 0.4) is 0 Å². The normalized spacial score (nSPS) is 11.6. The maximum absolute atomic E-state index is 12.8. The summed E-state index contributed by atoms with van der Waals surface area (Å²) in [6, 6.07) is 15.6. The molecule has 2 aromatic carbocycles. The second-order valence-electron chi connectivity index (χ2n) is 4.60. The van der Waals surface area contributed by atoms with Crippen molar-refractivity contribution in [2.45, 2.75) is 6.18 Å². The van der Waals surface area contributed by atoms with Gasteiger partial charge in [-0.3, -0.25) is 0 Å². The number of hydrogen-bond donors (Lipinski definition) is 0. The molecule has 2 aromatic rings. The lowest BCUT2D eigenvalue weighted by Crippen LogP contribution is -2.10. The molecular formula is C18H15F3O. The molecule has 114 valence electrons. The summed E-state index contributed by atoms with van der Waals surface area (Å²) in [5.41, 5.74) is 0.0531. The first-order valence-electron chi connectivity index (χ1n) is 6.68. The molecule has 0 saturated carbocycles. The van der Waals surface area contributed by atoms with Crippen molar-refractivity contribution in [2.24, 2.45) is 0 Å². The number of hydrogen-bond acceptors (Lipinski definition) is 1. The minimum Gasteiger partial charge on any atom is -0.489 e. The van der Waals surface area contributed by atoms with Crippen molar-refractivity contribution in [3.63, 3.8) is 0 Å². The van der Waals surface area contributed by atoms with E-state index in [9.17, 15) is 13.2 Å². The van der Waals surface area contributed by atoms with Gasteiger partial charge in [0.2, 0.25) is 0 Å². The third kappa shape index (κ3) is 4.25. The fraction of sp³-hybridized carbons (Fsp3) is 0.111. The highest BCUT2D eigenvalue weighted by molar-refractivity contribution is 5.72. The van der Waals surface area contributed by atoms with E-state index in [2.05, 4.69) is 6.58 Å². The Morgan fingerprint density at radius 1 is 1.00 bits per heavy atom. The van der Waals surface area contributed by atoms with Gasteiger partial charge in [-0.2, -0.15) is 13.2 Å². The number of rotatable bonds is 5. The molecule has 0 aliphatic heterocycles. The molecule has 0 aliphatic rings. The predicted molar refractivity (Wildman–Crippen MR) is 82.5 cm³/mol. The molecule has 1 nitrogen and oxygen atoms in total. The summed E-state index contributed by atoms with van der Waals surface area (Å²) in [4.78, 5) is 0. The first kappa shape index (κ1) is 15.9. The van der Waals surface area contributed by atoms with Gasteiger partial charge < -0.3 is 4.74 Å². The molecule has 0 radical (unpaired) electrons. The van der Waals surface area contributed by atoms with Crippen LogP contribution in [0.15, 0.2) is 67.3 Å². The summed E-state index contributed by atoms with van der Waals surface area (Å²) in [6.45, 7) is 3.29. The van der Waals surface area contributed by atoms with E-state index in [1.54, 1.807) is 12.1 Å². The van der Waals surface area contributed by atoms with E-state index < -0.39 is 11.7 Å². The van der Waals surface area contributed by atoms with Crippen LogP contribution >= 0.6 is 0 Å². The molecule has 0 heterocycles.